The number of rotatable bonds is 7. The average molecular weight is 302 g/mol. The first kappa shape index (κ1) is 21.0. The van der Waals surface area contributed by atoms with Crippen molar-refractivity contribution in [3.63, 3.8) is 0 Å². The van der Waals surface area contributed by atoms with E-state index in [1.807, 2.05) is 0 Å². The summed E-state index contributed by atoms with van der Waals surface area (Å²) in [5.41, 5.74) is 0. The lowest BCUT2D eigenvalue weighted by atomic mass is 10.1. The molecule has 0 saturated carbocycles. The van der Waals surface area contributed by atoms with Crippen molar-refractivity contribution >= 4 is 11.9 Å². The van der Waals surface area contributed by atoms with Crippen LogP contribution in [-0.2, 0) is 9.59 Å². The standard InChI is InChI=1S/C5H10O6.C4H8O5/c6-1-2(7)3(8)4(9)5(10)11;5-1-2(6)3(7)4(8)9/h2-4,6-9H,1H2,(H,10,11);2-3,5-7H,1H2,(H,8,9)/t2-,3+,4-;2-,3+/m00/s1. The molecule has 0 spiro atoms. The summed E-state index contributed by atoms with van der Waals surface area (Å²) in [6.45, 7) is -1.56. The van der Waals surface area contributed by atoms with E-state index in [1.165, 1.54) is 0 Å². The van der Waals surface area contributed by atoms with Crippen molar-refractivity contribution in [2.24, 2.45) is 0 Å². The maximum atomic E-state index is 9.96. The van der Waals surface area contributed by atoms with E-state index in [2.05, 4.69) is 0 Å². The second kappa shape index (κ2) is 10.4. The van der Waals surface area contributed by atoms with Crippen LogP contribution in [0.1, 0.15) is 0 Å². The van der Waals surface area contributed by atoms with Gasteiger partial charge in [-0.05, 0) is 0 Å². The van der Waals surface area contributed by atoms with Crippen LogP contribution in [0.5, 0.6) is 0 Å². The van der Waals surface area contributed by atoms with Gasteiger partial charge in [-0.1, -0.05) is 0 Å². The molecule has 0 saturated heterocycles. The van der Waals surface area contributed by atoms with Gasteiger partial charge in [0.05, 0.1) is 13.2 Å². The molecule has 0 fully saturated rings. The lowest BCUT2D eigenvalue weighted by Crippen LogP contribution is -2.43. The number of aliphatic hydroxyl groups is 7. The summed E-state index contributed by atoms with van der Waals surface area (Å²) < 4.78 is 0. The van der Waals surface area contributed by atoms with Gasteiger partial charge in [-0.25, -0.2) is 9.59 Å². The fourth-order valence-electron chi connectivity index (χ4n) is 0.729. The van der Waals surface area contributed by atoms with Gasteiger partial charge in [0.1, 0.15) is 18.3 Å². The van der Waals surface area contributed by atoms with E-state index in [0.29, 0.717) is 0 Å². The highest BCUT2D eigenvalue weighted by Crippen LogP contribution is 1.99. The Labute approximate surface area is 112 Å². The number of carboxylic acid groups (broad SMARTS) is 2. The van der Waals surface area contributed by atoms with Crippen molar-refractivity contribution in [2.75, 3.05) is 13.2 Å². The number of carbonyl (C=O) groups is 2. The Bertz CT molecular complexity index is 294. The molecule has 0 aromatic heterocycles. The van der Waals surface area contributed by atoms with Crippen molar-refractivity contribution in [1.82, 2.24) is 0 Å². The molecule has 0 aliphatic carbocycles. The van der Waals surface area contributed by atoms with E-state index in [1.54, 1.807) is 0 Å². The van der Waals surface area contributed by atoms with Gasteiger partial charge in [0, 0.05) is 0 Å². The van der Waals surface area contributed by atoms with E-state index in [9.17, 15) is 9.59 Å². The molecule has 5 atom stereocenters. The third-order valence-electron chi connectivity index (χ3n) is 1.96. The summed E-state index contributed by atoms with van der Waals surface area (Å²) in [5.74, 6) is -3.19. The average Bonchev–Trinajstić information content (AvgIpc) is 2.43. The summed E-state index contributed by atoms with van der Waals surface area (Å²) >= 11 is 0. The Hall–Kier alpha value is -1.34. The van der Waals surface area contributed by atoms with Crippen LogP contribution in [0.15, 0.2) is 0 Å². The third kappa shape index (κ3) is 7.96. The summed E-state index contributed by atoms with van der Waals surface area (Å²) in [5, 5.41) is 75.1. The normalized spacial score (nSPS) is 17.9. The summed E-state index contributed by atoms with van der Waals surface area (Å²) in [6, 6.07) is 0. The lowest BCUT2D eigenvalue weighted by Gasteiger charge is -2.17. The minimum atomic E-state index is -2.07. The largest absolute Gasteiger partial charge is 0.479 e. The molecule has 0 aromatic rings. The first-order chi connectivity index (χ1) is 9.09. The molecule has 0 heterocycles. The number of carboxylic acids is 2. The molecule has 9 N–H and O–H groups in total. The highest BCUT2D eigenvalue weighted by Gasteiger charge is 2.29. The van der Waals surface area contributed by atoms with Crippen LogP contribution in [0.3, 0.4) is 0 Å². The fraction of sp³-hybridized carbons (Fsp3) is 0.778. The van der Waals surface area contributed by atoms with Crippen LogP contribution in [0.25, 0.3) is 0 Å². The molecule has 11 nitrogen and oxygen atoms in total. The Kier molecular flexibility index (Phi) is 11.0. The zero-order valence-corrected chi connectivity index (χ0v) is 10.1. The van der Waals surface area contributed by atoms with Crippen LogP contribution in [0, 0.1) is 0 Å². The van der Waals surface area contributed by atoms with Gasteiger partial charge in [0.25, 0.3) is 0 Å². The second-order valence-electron chi connectivity index (χ2n) is 3.56. The Morgan fingerprint density at radius 3 is 1.25 bits per heavy atom. The molecule has 20 heavy (non-hydrogen) atoms. The van der Waals surface area contributed by atoms with Crippen LogP contribution < -0.4 is 0 Å². The second-order valence-corrected chi connectivity index (χ2v) is 3.56. The molecule has 0 aliphatic rings. The number of aliphatic hydroxyl groups excluding tert-OH is 7. The first-order valence-electron chi connectivity index (χ1n) is 5.17. The third-order valence-corrected chi connectivity index (χ3v) is 1.96. The van der Waals surface area contributed by atoms with Gasteiger partial charge in [-0.2, -0.15) is 0 Å². The maximum Gasteiger partial charge on any atom is 0.335 e. The Morgan fingerprint density at radius 1 is 0.700 bits per heavy atom. The predicted octanol–water partition coefficient (Wildman–Crippen LogP) is -5.07. The minimum Gasteiger partial charge on any atom is -0.479 e. The number of hydrogen-bond acceptors (Lipinski definition) is 9. The monoisotopic (exact) mass is 302 g/mol. The zero-order valence-electron chi connectivity index (χ0n) is 10.1. The van der Waals surface area contributed by atoms with Crippen LogP contribution >= 0.6 is 0 Å². The molecule has 0 rings (SSSR count). The molecule has 0 bridgehead atoms. The molecular weight excluding hydrogens is 284 g/mol. The molecule has 120 valence electrons. The smallest absolute Gasteiger partial charge is 0.335 e. The lowest BCUT2D eigenvalue weighted by molar-refractivity contribution is -0.159. The van der Waals surface area contributed by atoms with Crippen LogP contribution in [0.4, 0.5) is 0 Å². The van der Waals surface area contributed by atoms with E-state index in [0.717, 1.165) is 0 Å². The molecular formula is C9H18O11. The van der Waals surface area contributed by atoms with Gasteiger partial charge >= 0.3 is 11.9 Å². The van der Waals surface area contributed by atoms with Gasteiger partial charge in [0.15, 0.2) is 12.2 Å². The molecule has 11 heteroatoms. The fourth-order valence-corrected chi connectivity index (χ4v) is 0.729. The highest BCUT2D eigenvalue weighted by molar-refractivity contribution is 5.73. The van der Waals surface area contributed by atoms with Gasteiger partial charge in [0.2, 0.25) is 0 Å². The summed E-state index contributed by atoms with van der Waals surface area (Å²) in [4.78, 5) is 19.7. The predicted molar refractivity (Wildman–Crippen MR) is 59.5 cm³/mol. The van der Waals surface area contributed by atoms with Crippen molar-refractivity contribution < 1.29 is 55.5 Å². The van der Waals surface area contributed by atoms with E-state index in [4.69, 9.17) is 46.0 Å². The van der Waals surface area contributed by atoms with E-state index < -0.39 is 55.7 Å². The Morgan fingerprint density at radius 2 is 1.05 bits per heavy atom. The quantitative estimate of drug-likeness (QED) is 0.217. The van der Waals surface area contributed by atoms with Crippen molar-refractivity contribution in [1.29, 1.82) is 0 Å². The van der Waals surface area contributed by atoms with Crippen molar-refractivity contribution in [3.8, 4) is 0 Å². The van der Waals surface area contributed by atoms with Gasteiger partial charge in [-0.15, -0.1) is 0 Å². The van der Waals surface area contributed by atoms with E-state index in [-0.39, 0.29) is 0 Å². The molecule has 0 radical (unpaired) electrons. The highest BCUT2D eigenvalue weighted by atomic mass is 16.4. The van der Waals surface area contributed by atoms with Crippen molar-refractivity contribution in [2.45, 2.75) is 30.5 Å². The Balaban J connectivity index is 0. The maximum absolute atomic E-state index is 9.96. The summed E-state index contributed by atoms with van der Waals surface area (Å²) in [7, 11) is 0. The van der Waals surface area contributed by atoms with Crippen LogP contribution in [-0.4, -0.2) is 102 Å². The SMILES string of the molecule is O=C(O)[C@@H](O)[C@H](O)[C@@H](O)CO.O=C(O)[C@H](O)[C@@H](O)CO. The molecule has 0 aliphatic heterocycles. The molecule has 0 amide bonds. The molecule has 0 aromatic carbocycles. The van der Waals surface area contributed by atoms with E-state index >= 15 is 0 Å². The first-order valence-corrected chi connectivity index (χ1v) is 5.17. The number of hydrogen-bond donors (Lipinski definition) is 9. The zero-order chi connectivity index (χ0) is 16.5. The minimum absolute atomic E-state index is 0.756. The van der Waals surface area contributed by atoms with Crippen LogP contribution in [0.2, 0.25) is 0 Å². The van der Waals surface area contributed by atoms with Gasteiger partial charge < -0.3 is 46.0 Å². The summed E-state index contributed by atoms with van der Waals surface area (Å²) in [6.07, 6.45) is -9.06. The molecule has 0 unspecified atom stereocenters. The number of aliphatic carboxylic acids is 2. The van der Waals surface area contributed by atoms with Gasteiger partial charge in [-0.3, -0.25) is 0 Å². The topological polar surface area (TPSA) is 216 Å². The van der Waals surface area contributed by atoms with Crippen molar-refractivity contribution in [3.05, 3.63) is 0 Å².